The van der Waals surface area contributed by atoms with Gasteiger partial charge in [0.05, 0.1) is 19.3 Å². The van der Waals surface area contributed by atoms with Crippen LogP contribution in [0.3, 0.4) is 0 Å². The molecule has 0 aromatic heterocycles. The largest absolute Gasteiger partial charge is 0.378 e. The van der Waals surface area contributed by atoms with Crippen LogP contribution in [0.25, 0.3) is 0 Å². The van der Waals surface area contributed by atoms with Crippen LogP contribution < -0.4 is 5.32 Å². The van der Waals surface area contributed by atoms with Gasteiger partial charge in [-0.15, -0.1) is 0 Å². The van der Waals surface area contributed by atoms with Crippen LogP contribution in [0, 0.1) is 0 Å². The molecule has 2 saturated heterocycles. The molecule has 0 aromatic carbocycles. The molecule has 0 aromatic rings. The van der Waals surface area contributed by atoms with Crippen LogP contribution in [-0.2, 0) is 9.53 Å². The molecular weight excluding hydrogens is 268 g/mol. The monoisotopic (exact) mass is 290 g/mol. The molecule has 0 radical (unpaired) electrons. The Hall–Kier alpha value is 0.0900. The Bertz CT molecular complexity index is 267. The predicted octanol–water partition coefficient (Wildman–Crippen LogP) is 0.672. The lowest BCUT2D eigenvalue weighted by Crippen LogP contribution is -2.50. The maximum absolute atomic E-state index is 12.2. The predicted molar refractivity (Wildman–Crippen MR) is 78.4 cm³/mol. The molecule has 1 N–H and O–H groups in total. The quantitative estimate of drug-likeness (QED) is 0.824. The molecule has 0 aliphatic carbocycles. The van der Waals surface area contributed by atoms with Crippen molar-refractivity contribution >= 4 is 29.4 Å². The summed E-state index contributed by atoms with van der Waals surface area (Å²) >= 11 is 4.04. The van der Waals surface area contributed by atoms with E-state index in [1.807, 2.05) is 35.3 Å². The van der Waals surface area contributed by atoms with Gasteiger partial charge in [-0.25, -0.2) is 0 Å². The third kappa shape index (κ3) is 4.33. The van der Waals surface area contributed by atoms with Crippen molar-refractivity contribution in [1.29, 1.82) is 0 Å². The zero-order chi connectivity index (χ0) is 12.8. The summed E-state index contributed by atoms with van der Waals surface area (Å²) in [7, 11) is 0. The van der Waals surface area contributed by atoms with Crippen LogP contribution in [0.1, 0.15) is 6.92 Å². The molecule has 2 fully saturated rings. The highest BCUT2D eigenvalue weighted by molar-refractivity contribution is 8.06. The Labute approximate surface area is 118 Å². The average molecular weight is 290 g/mol. The van der Waals surface area contributed by atoms with Gasteiger partial charge >= 0.3 is 0 Å². The second-order valence-electron chi connectivity index (χ2n) is 4.64. The van der Waals surface area contributed by atoms with E-state index in [1.165, 1.54) is 17.3 Å². The lowest BCUT2D eigenvalue weighted by Gasteiger charge is -2.30. The van der Waals surface area contributed by atoms with E-state index in [0.717, 1.165) is 19.6 Å². The fraction of sp³-hybridized carbons (Fsp3) is 0.917. The fourth-order valence-corrected chi connectivity index (χ4v) is 4.73. The Balaban J connectivity index is 1.69. The lowest BCUT2D eigenvalue weighted by atomic mass is 10.2. The topological polar surface area (TPSA) is 41.6 Å². The van der Waals surface area contributed by atoms with E-state index in [0.29, 0.717) is 18.5 Å². The molecule has 4 nitrogen and oxygen atoms in total. The molecule has 18 heavy (non-hydrogen) atoms. The number of morpholine rings is 1. The third-order valence-electron chi connectivity index (χ3n) is 3.23. The number of amides is 1. The van der Waals surface area contributed by atoms with Crippen LogP contribution in [-0.4, -0.2) is 72.2 Å². The summed E-state index contributed by atoms with van der Waals surface area (Å²) in [5, 5.41) is 4.04. The smallest absolute Gasteiger partial charge is 0.239 e. The van der Waals surface area contributed by atoms with Crippen molar-refractivity contribution in [3.05, 3.63) is 0 Å². The summed E-state index contributed by atoms with van der Waals surface area (Å²) in [6.45, 7) is 5.73. The molecular formula is C12H22N2O2S2. The van der Waals surface area contributed by atoms with E-state index in [-0.39, 0.29) is 11.9 Å². The second-order valence-corrected chi connectivity index (χ2v) is 7.19. The number of rotatable bonds is 4. The highest BCUT2D eigenvalue weighted by Gasteiger charge is 2.23. The molecule has 2 unspecified atom stereocenters. The first-order chi connectivity index (χ1) is 8.77. The van der Waals surface area contributed by atoms with E-state index >= 15 is 0 Å². The van der Waals surface area contributed by atoms with Crippen molar-refractivity contribution in [2.45, 2.75) is 18.2 Å². The molecule has 2 heterocycles. The van der Waals surface area contributed by atoms with E-state index in [9.17, 15) is 4.79 Å². The summed E-state index contributed by atoms with van der Waals surface area (Å²) < 4.78 is 5.26. The van der Waals surface area contributed by atoms with Crippen molar-refractivity contribution in [3.8, 4) is 0 Å². The van der Waals surface area contributed by atoms with Gasteiger partial charge in [0.15, 0.2) is 0 Å². The molecule has 104 valence electrons. The Kier molecular flexibility index (Phi) is 6.14. The molecule has 0 spiro atoms. The van der Waals surface area contributed by atoms with Crippen LogP contribution >= 0.6 is 23.5 Å². The van der Waals surface area contributed by atoms with Gasteiger partial charge in [-0.05, 0) is 6.92 Å². The Morgan fingerprint density at radius 2 is 2.22 bits per heavy atom. The van der Waals surface area contributed by atoms with Crippen molar-refractivity contribution < 1.29 is 9.53 Å². The van der Waals surface area contributed by atoms with Gasteiger partial charge < -0.3 is 15.0 Å². The number of ether oxygens (including phenoxy) is 1. The van der Waals surface area contributed by atoms with Gasteiger partial charge in [0, 0.05) is 42.1 Å². The number of hydrogen-bond donors (Lipinski definition) is 1. The van der Waals surface area contributed by atoms with E-state index in [2.05, 4.69) is 5.32 Å². The first-order valence-corrected chi connectivity index (χ1v) is 8.77. The third-order valence-corrected chi connectivity index (χ3v) is 6.07. The van der Waals surface area contributed by atoms with Crippen molar-refractivity contribution in [2.75, 3.05) is 50.1 Å². The molecule has 2 aliphatic rings. The number of hydrogen-bond acceptors (Lipinski definition) is 5. The minimum atomic E-state index is -0.0735. The molecule has 2 atom stereocenters. The van der Waals surface area contributed by atoms with E-state index in [4.69, 9.17) is 4.74 Å². The average Bonchev–Trinajstić information content (AvgIpc) is 2.46. The first kappa shape index (κ1) is 14.5. The minimum Gasteiger partial charge on any atom is -0.378 e. The standard InChI is InChI=1S/C12H22N2O2S2/c1-10(12(15)14-2-4-16-5-3-14)13-8-11-9-17-6-7-18-11/h10-11,13H,2-9H2,1H3. The van der Waals surface area contributed by atoms with Gasteiger partial charge in [0.1, 0.15) is 0 Å². The summed E-state index contributed by atoms with van der Waals surface area (Å²) in [6.07, 6.45) is 0. The second kappa shape index (κ2) is 7.62. The van der Waals surface area contributed by atoms with Gasteiger partial charge in [-0.2, -0.15) is 23.5 Å². The zero-order valence-electron chi connectivity index (χ0n) is 10.9. The fourth-order valence-electron chi connectivity index (χ4n) is 2.11. The van der Waals surface area contributed by atoms with E-state index < -0.39 is 0 Å². The Morgan fingerprint density at radius 1 is 1.44 bits per heavy atom. The van der Waals surface area contributed by atoms with Crippen molar-refractivity contribution in [1.82, 2.24) is 10.2 Å². The molecule has 2 rings (SSSR count). The number of nitrogens with zero attached hydrogens (tertiary/aromatic N) is 1. The number of thioether (sulfide) groups is 2. The van der Waals surface area contributed by atoms with Crippen molar-refractivity contribution in [2.24, 2.45) is 0 Å². The zero-order valence-corrected chi connectivity index (χ0v) is 12.5. The SMILES string of the molecule is CC(NCC1CSCCS1)C(=O)N1CCOCC1. The van der Waals surface area contributed by atoms with E-state index in [1.54, 1.807) is 0 Å². The molecule has 2 aliphatic heterocycles. The maximum atomic E-state index is 12.2. The summed E-state index contributed by atoms with van der Waals surface area (Å²) in [4.78, 5) is 14.1. The lowest BCUT2D eigenvalue weighted by molar-refractivity contribution is -0.137. The minimum absolute atomic E-state index is 0.0735. The van der Waals surface area contributed by atoms with Crippen LogP contribution in [0.2, 0.25) is 0 Å². The Morgan fingerprint density at radius 3 is 2.89 bits per heavy atom. The highest BCUT2D eigenvalue weighted by Crippen LogP contribution is 2.23. The highest BCUT2D eigenvalue weighted by atomic mass is 32.2. The molecule has 6 heteroatoms. The van der Waals surface area contributed by atoms with Gasteiger partial charge in [-0.1, -0.05) is 0 Å². The van der Waals surface area contributed by atoms with Crippen LogP contribution in [0.5, 0.6) is 0 Å². The summed E-state index contributed by atoms with van der Waals surface area (Å²) in [5.41, 5.74) is 0. The molecule has 0 bridgehead atoms. The number of nitrogens with one attached hydrogen (secondary N) is 1. The molecule has 0 saturated carbocycles. The first-order valence-electron chi connectivity index (χ1n) is 6.56. The number of carbonyl (C=O) groups is 1. The van der Waals surface area contributed by atoms with Gasteiger partial charge in [0.25, 0.3) is 0 Å². The molecule has 1 amide bonds. The van der Waals surface area contributed by atoms with Crippen LogP contribution in [0.4, 0.5) is 0 Å². The van der Waals surface area contributed by atoms with Crippen LogP contribution in [0.15, 0.2) is 0 Å². The van der Waals surface area contributed by atoms with Gasteiger partial charge in [-0.3, -0.25) is 4.79 Å². The maximum Gasteiger partial charge on any atom is 0.239 e. The normalized spacial score (nSPS) is 26.9. The summed E-state index contributed by atoms with van der Waals surface area (Å²) in [6, 6.07) is -0.0735. The summed E-state index contributed by atoms with van der Waals surface area (Å²) in [5.74, 6) is 3.93. The van der Waals surface area contributed by atoms with Crippen molar-refractivity contribution in [3.63, 3.8) is 0 Å². The number of carbonyl (C=O) groups excluding carboxylic acids is 1. The van der Waals surface area contributed by atoms with Gasteiger partial charge in [0.2, 0.25) is 5.91 Å².